The Bertz CT molecular complexity index is 350. The molecule has 1 aliphatic rings. The van der Waals surface area contributed by atoms with Gasteiger partial charge < -0.3 is 10.2 Å². The number of hydrogen-bond donors (Lipinski definition) is 1. The highest BCUT2D eigenvalue weighted by molar-refractivity contribution is 7.11. The van der Waals surface area contributed by atoms with Gasteiger partial charge in [-0.15, -0.1) is 11.3 Å². The Labute approximate surface area is 108 Å². The molecule has 1 fully saturated rings. The molecule has 0 bridgehead atoms. The van der Waals surface area contributed by atoms with Gasteiger partial charge in [0, 0.05) is 17.1 Å². The van der Waals surface area contributed by atoms with Crippen molar-refractivity contribution in [3.8, 4) is 0 Å². The van der Waals surface area contributed by atoms with E-state index in [0.29, 0.717) is 12.1 Å². The molecular formula is C13H23N3S. The number of thiazole rings is 1. The van der Waals surface area contributed by atoms with E-state index in [4.69, 9.17) is 0 Å². The average molecular weight is 253 g/mol. The number of aromatic nitrogens is 1. The van der Waals surface area contributed by atoms with Crippen molar-refractivity contribution in [3.63, 3.8) is 0 Å². The predicted molar refractivity (Wildman–Crippen MR) is 73.5 cm³/mol. The quantitative estimate of drug-likeness (QED) is 0.897. The van der Waals surface area contributed by atoms with Gasteiger partial charge in [-0.1, -0.05) is 0 Å². The molecule has 2 rings (SSSR count). The molecule has 0 aliphatic carbocycles. The summed E-state index contributed by atoms with van der Waals surface area (Å²) in [6.07, 6.45) is 5.82. The molecule has 0 amide bonds. The Hall–Kier alpha value is -0.450. The highest BCUT2D eigenvalue weighted by atomic mass is 32.1. The lowest BCUT2D eigenvalue weighted by molar-refractivity contribution is 0.340. The predicted octanol–water partition coefficient (Wildman–Crippen LogP) is 2.59. The fraction of sp³-hybridized carbons (Fsp3) is 0.769. The molecule has 1 saturated heterocycles. The van der Waals surface area contributed by atoms with Crippen molar-refractivity contribution in [2.45, 2.75) is 45.2 Å². The molecule has 0 saturated carbocycles. The molecule has 2 atom stereocenters. The van der Waals surface area contributed by atoms with Crippen LogP contribution in [0.4, 0.5) is 0 Å². The zero-order chi connectivity index (χ0) is 12.3. The maximum Gasteiger partial charge on any atom is 0.109 e. The molecule has 3 nitrogen and oxygen atoms in total. The topological polar surface area (TPSA) is 28.2 Å². The summed E-state index contributed by atoms with van der Waals surface area (Å²) in [5.74, 6) is 0. The summed E-state index contributed by atoms with van der Waals surface area (Å²) in [6, 6.07) is 1.04. The normalized spacial score (nSPS) is 24.5. The summed E-state index contributed by atoms with van der Waals surface area (Å²) >= 11 is 1.81. The minimum atomic E-state index is 0.391. The molecule has 2 heterocycles. The molecule has 96 valence electrons. The molecule has 0 aromatic carbocycles. The fourth-order valence-corrected chi connectivity index (χ4v) is 3.19. The molecule has 0 radical (unpaired) electrons. The Balaban J connectivity index is 1.87. The van der Waals surface area contributed by atoms with Crippen LogP contribution in [-0.2, 0) is 0 Å². The second-order valence-corrected chi connectivity index (χ2v) is 6.39. The van der Waals surface area contributed by atoms with Crippen LogP contribution in [-0.4, -0.2) is 36.1 Å². The molecule has 1 aromatic rings. The Kier molecular flexibility index (Phi) is 4.54. The Morgan fingerprint density at radius 2 is 2.29 bits per heavy atom. The van der Waals surface area contributed by atoms with E-state index in [0.717, 1.165) is 0 Å². The molecule has 1 aliphatic heterocycles. The molecule has 4 heteroatoms. The van der Waals surface area contributed by atoms with Crippen molar-refractivity contribution < 1.29 is 0 Å². The fourth-order valence-electron chi connectivity index (χ4n) is 2.40. The number of rotatable bonds is 3. The van der Waals surface area contributed by atoms with E-state index in [1.54, 1.807) is 11.3 Å². The number of likely N-dealkylation sites (tertiary alicyclic amines) is 1. The summed E-state index contributed by atoms with van der Waals surface area (Å²) in [5, 5.41) is 4.95. The minimum Gasteiger partial charge on any atom is -0.306 e. The van der Waals surface area contributed by atoms with Gasteiger partial charge in [-0.25, -0.2) is 4.98 Å². The van der Waals surface area contributed by atoms with Crippen LogP contribution in [0.1, 0.15) is 42.1 Å². The van der Waals surface area contributed by atoms with Crippen molar-refractivity contribution in [1.29, 1.82) is 0 Å². The number of nitrogens with zero attached hydrogens (tertiary/aromatic N) is 2. The van der Waals surface area contributed by atoms with Gasteiger partial charge in [0.1, 0.15) is 5.01 Å². The summed E-state index contributed by atoms with van der Waals surface area (Å²) in [5.41, 5.74) is 0. The van der Waals surface area contributed by atoms with Gasteiger partial charge in [0.15, 0.2) is 0 Å². The molecule has 1 N–H and O–H groups in total. The molecule has 0 spiro atoms. The van der Waals surface area contributed by atoms with E-state index in [-0.39, 0.29) is 0 Å². The van der Waals surface area contributed by atoms with Crippen LogP contribution in [0.25, 0.3) is 0 Å². The summed E-state index contributed by atoms with van der Waals surface area (Å²) in [4.78, 5) is 8.20. The van der Waals surface area contributed by atoms with Crippen LogP contribution >= 0.6 is 11.3 Å². The number of nitrogens with one attached hydrogen (secondary N) is 1. The first-order valence-electron chi connectivity index (χ1n) is 6.52. The Morgan fingerprint density at radius 1 is 1.47 bits per heavy atom. The molecule has 1 aromatic heterocycles. The maximum atomic E-state index is 4.47. The number of aryl methyl sites for hydroxylation is 1. The highest BCUT2D eigenvalue weighted by Gasteiger charge is 2.18. The lowest BCUT2D eigenvalue weighted by atomic mass is 10.1. The zero-order valence-electron chi connectivity index (χ0n) is 11.1. The van der Waals surface area contributed by atoms with Crippen molar-refractivity contribution in [2.75, 3.05) is 20.1 Å². The van der Waals surface area contributed by atoms with Crippen LogP contribution in [0, 0.1) is 6.92 Å². The van der Waals surface area contributed by atoms with Gasteiger partial charge in [0.05, 0.1) is 6.04 Å². The average Bonchev–Trinajstić information content (AvgIpc) is 2.62. The van der Waals surface area contributed by atoms with Gasteiger partial charge in [0.2, 0.25) is 0 Å². The van der Waals surface area contributed by atoms with Crippen molar-refractivity contribution in [1.82, 2.24) is 15.2 Å². The molecule has 2 unspecified atom stereocenters. The van der Waals surface area contributed by atoms with E-state index in [1.807, 2.05) is 6.20 Å². The van der Waals surface area contributed by atoms with Gasteiger partial charge >= 0.3 is 0 Å². The summed E-state index contributed by atoms with van der Waals surface area (Å²) < 4.78 is 0. The van der Waals surface area contributed by atoms with Crippen LogP contribution < -0.4 is 5.32 Å². The molecular weight excluding hydrogens is 230 g/mol. The third kappa shape index (κ3) is 3.76. The van der Waals surface area contributed by atoms with Crippen molar-refractivity contribution in [2.24, 2.45) is 0 Å². The zero-order valence-corrected chi connectivity index (χ0v) is 11.9. The SMILES string of the molecule is Cc1cnc(C(C)NC2CCCN(C)CC2)s1. The Morgan fingerprint density at radius 3 is 3.00 bits per heavy atom. The highest BCUT2D eigenvalue weighted by Crippen LogP contribution is 2.21. The third-order valence-corrected chi connectivity index (χ3v) is 4.54. The standard InChI is InChI=1S/C13H23N3S/c1-10-9-14-13(17-10)11(2)15-12-5-4-7-16(3)8-6-12/h9,11-12,15H,4-8H2,1-3H3. The second-order valence-electron chi connectivity index (χ2n) is 5.13. The van der Waals surface area contributed by atoms with Crippen molar-refractivity contribution >= 4 is 11.3 Å². The lowest BCUT2D eigenvalue weighted by Gasteiger charge is -2.20. The smallest absolute Gasteiger partial charge is 0.109 e. The van der Waals surface area contributed by atoms with E-state index < -0.39 is 0 Å². The van der Waals surface area contributed by atoms with Gasteiger partial charge in [-0.2, -0.15) is 0 Å². The van der Waals surface area contributed by atoms with E-state index in [9.17, 15) is 0 Å². The maximum absolute atomic E-state index is 4.47. The summed E-state index contributed by atoms with van der Waals surface area (Å²) in [6.45, 7) is 6.80. The monoisotopic (exact) mass is 253 g/mol. The first kappa shape index (κ1) is 13.0. The first-order chi connectivity index (χ1) is 8.15. The molecule has 17 heavy (non-hydrogen) atoms. The summed E-state index contributed by atoms with van der Waals surface area (Å²) in [7, 11) is 2.22. The van der Waals surface area contributed by atoms with Gasteiger partial charge in [-0.3, -0.25) is 0 Å². The van der Waals surface area contributed by atoms with E-state index in [2.05, 4.69) is 36.1 Å². The number of hydrogen-bond acceptors (Lipinski definition) is 4. The third-order valence-electron chi connectivity index (χ3n) is 3.45. The lowest BCUT2D eigenvalue weighted by Crippen LogP contribution is -2.32. The first-order valence-corrected chi connectivity index (χ1v) is 7.33. The van der Waals surface area contributed by atoms with Crippen LogP contribution in [0.2, 0.25) is 0 Å². The van der Waals surface area contributed by atoms with E-state index >= 15 is 0 Å². The van der Waals surface area contributed by atoms with Crippen LogP contribution in [0.5, 0.6) is 0 Å². The largest absolute Gasteiger partial charge is 0.306 e. The van der Waals surface area contributed by atoms with Gasteiger partial charge in [0.25, 0.3) is 0 Å². The second kappa shape index (κ2) is 5.94. The van der Waals surface area contributed by atoms with Crippen molar-refractivity contribution in [3.05, 3.63) is 16.1 Å². The van der Waals surface area contributed by atoms with E-state index in [1.165, 1.54) is 42.2 Å². The van der Waals surface area contributed by atoms with Crippen LogP contribution in [0.15, 0.2) is 6.20 Å². The minimum absolute atomic E-state index is 0.391. The van der Waals surface area contributed by atoms with Crippen LogP contribution in [0.3, 0.4) is 0 Å². The van der Waals surface area contributed by atoms with Gasteiger partial charge in [-0.05, 0) is 53.2 Å².